The lowest BCUT2D eigenvalue weighted by molar-refractivity contribution is -0.182. The van der Waals surface area contributed by atoms with Crippen molar-refractivity contribution >= 4 is 86.4 Å². The van der Waals surface area contributed by atoms with Crippen LogP contribution in [-0.2, 0) is 73.9 Å². The quantitative estimate of drug-likeness (QED) is 0.00917. The number of aromatic nitrogens is 6. The number of aliphatic carboxylic acids is 1. The molecule has 27 nitrogen and oxygen atoms in total. The predicted molar refractivity (Wildman–Crippen MR) is 438 cm³/mol. The van der Waals surface area contributed by atoms with Crippen LogP contribution in [0.15, 0.2) is 102 Å². The number of hydrogen-bond donors (Lipinski definition) is 6. The van der Waals surface area contributed by atoms with Crippen molar-refractivity contribution in [1.82, 2.24) is 34.0 Å². The smallest absolute Gasteiger partial charge is 0.330 e. The molecule has 118 heavy (non-hydrogen) atoms. The molecular formula is C86H117ClF3N11O16S. The fourth-order valence-electron chi connectivity index (χ4n) is 14.0. The number of allylic oxidation sites excluding steroid dienone is 1. The second-order valence-corrected chi connectivity index (χ2v) is 33.7. The van der Waals surface area contributed by atoms with Crippen LogP contribution in [0.3, 0.4) is 0 Å². The maximum atomic E-state index is 14.8. The average molecular weight is 1690 g/mol. The molecule has 1 aliphatic heterocycles. The molecule has 32 heteroatoms. The van der Waals surface area contributed by atoms with Crippen molar-refractivity contribution in [2.75, 3.05) is 45.2 Å². The van der Waals surface area contributed by atoms with Gasteiger partial charge in [0.1, 0.15) is 12.1 Å². The Hall–Kier alpha value is -9.01. The van der Waals surface area contributed by atoms with Crippen molar-refractivity contribution < 1.29 is 89.1 Å². The molecular weight excluding hydrogens is 1570 g/mol. The number of esters is 4. The fourth-order valence-corrected chi connectivity index (χ4v) is 15.5. The summed E-state index contributed by atoms with van der Waals surface area (Å²) in [6, 6.07) is 17.2. The molecule has 8 N–H and O–H groups in total. The number of anilines is 2. The number of nitrogens with two attached hydrogens (primary N) is 2. The molecule has 0 spiro atoms. The van der Waals surface area contributed by atoms with Gasteiger partial charge in [-0.2, -0.15) is 4.98 Å². The Kier molecular flexibility index (Phi) is 38.7. The molecule has 8 aliphatic carbocycles. The Morgan fingerprint density at radius 1 is 0.661 bits per heavy atom. The highest BCUT2D eigenvalue weighted by molar-refractivity contribution is 7.90. The summed E-state index contributed by atoms with van der Waals surface area (Å²) in [5.74, 6) is -0.266. The minimum absolute atomic E-state index is 0.0196. The number of aliphatic hydroxyl groups excluding tert-OH is 1. The van der Waals surface area contributed by atoms with E-state index in [0.29, 0.717) is 80.1 Å². The molecule has 6 aromatic rings. The number of rotatable bonds is 27. The summed E-state index contributed by atoms with van der Waals surface area (Å²) in [6.45, 7) is 5.25. The highest BCUT2D eigenvalue weighted by Crippen LogP contribution is 2.40. The minimum Gasteiger partial charge on any atom is -0.481 e. The Balaban J connectivity index is 0.000000183. The van der Waals surface area contributed by atoms with Gasteiger partial charge in [0.25, 0.3) is 10.0 Å². The second-order valence-electron chi connectivity index (χ2n) is 31.5. The molecule has 0 radical (unpaired) electrons. The second kappa shape index (κ2) is 48.3. The minimum atomic E-state index is -4.11. The van der Waals surface area contributed by atoms with Crippen LogP contribution < -0.4 is 22.1 Å². The van der Waals surface area contributed by atoms with Gasteiger partial charge in [-0.05, 0) is 193 Å². The number of hydroxylamine groups is 2. The summed E-state index contributed by atoms with van der Waals surface area (Å²) in [6.07, 6.45) is 37.9. The van der Waals surface area contributed by atoms with Gasteiger partial charge in [-0.25, -0.2) is 50.3 Å². The van der Waals surface area contributed by atoms with Crippen molar-refractivity contribution in [1.29, 1.82) is 0 Å². The number of pyridine rings is 1. The van der Waals surface area contributed by atoms with Gasteiger partial charge >= 0.3 is 35.8 Å². The van der Waals surface area contributed by atoms with E-state index in [-0.39, 0.29) is 111 Å². The normalized spacial score (nSPS) is 18.9. The van der Waals surface area contributed by atoms with Crippen LogP contribution in [0.2, 0.25) is 5.28 Å². The highest BCUT2D eigenvalue weighted by atomic mass is 35.5. The first-order valence-electron chi connectivity index (χ1n) is 41.3. The Morgan fingerprint density at radius 2 is 1.17 bits per heavy atom. The fraction of sp³-hybridized carbons (Fsp3) is 0.581. The van der Waals surface area contributed by atoms with E-state index in [1.54, 1.807) is 18.2 Å². The molecule has 5 heterocycles. The first-order chi connectivity index (χ1) is 56.7. The summed E-state index contributed by atoms with van der Waals surface area (Å²) >= 11 is 5.64. The van der Waals surface area contributed by atoms with Crippen molar-refractivity contribution in [3.05, 3.63) is 131 Å². The molecule has 5 atom stereocenters. The monoisotopic (exact) mass is 1680 g/mol. The van der Waals surface area contributed by atoms with Crippen LogP contribution in [0.25, 0.3) is 22.4 Å². The predicted octanol–water partition coefficient (Wildman–Crippen LogP) is 14.3. The standard InChI is InChI=1S/C26H25F2N5O4S.C14H17NO2.C12H15ClFN3O2.C9H14O2.C8H15NO2.C7H13NO2.C5H10O.C5H8O/c1-15-6-8-18(9-7-15)38(35,36)33-14-20(19-10-17(27)12-30-26(19)33)24-29-13-21(28)25(32-24)31-22(11-23(34)37-2)16-4-3-5-16;16-14-9-13(12-7-4-8-12)15(17-14)10-11-5-2-1-3-6-11;1-19-10(18)5-9(7-3-2-4-7)16-11-8(14)6-15-12(13)17-11;1-2-11-9(10)7-6-8-4-3-5-8;1-11-8(10)5-7(9)6-3-2-4-6;8-6(4-7(9)10)5-2-1-3-5;2*6-4-5-2-1-3-5/h6-10,12-14,16,22H,3-5,11H2,1-2H3,(H,29,31,32);1-3,5-6,12-13H,4,7-10H2;6-7,9H,2-5H2,1H3,(H,15,16,17);6-8H,2-5H2,1H3;6-7H,2-5,9H2,1H3;5-6H,1-4,8H2,(H,9,10);5-6H,1-4H2;4-5H,1-3H2/b;;;7-6+;;;;. The number of ether oxygens (including phenoxy) is 4. The lowest BCUT2D eigenvalue weighted by atomic mass is 9.78. The molecule has 4 aromatic heterocycles. The van der Waals surface area contributed by atoms with Crippen molar-refractivity contribution in [3.8, 4) is 11.4 Å². The molecule has 15 rings (SSSR count). The number of carboxylic acids is 1. The van der Waals surface area contributed by atoms with Gasteiger partial charge < -0.3 is 60.9 Å². The number of halogens is 4. The number of benzene rings is 2. The molecule has 2 aromatic carbocycles. The molecule has 1 saturated heterocycles. The Bertz CT molecular complexity index is 4330. The molecule has 646 valence electrons. The summed E-state index contributed by atoms with van der Waals surface area (Å²) < 4.78 is 89.2. The number of carbonyl (C=O) groups is 7. The SMILES string of the molecule is CCOC(=O)/C=C/C1CCC1.COC(=O)CC(N)C1CCC1.COC(=O)CC(Nc1nc(-c2cn(S(=O)(=O)c3ccc(C)cc3)c3ncc(F)cc23)ncc1F)C1CCC1.COC(=O)CC(Nc1nc(Cl)ncc1F)C1CCC1.NC(CC(=O)O)C1CCC1.O=C1CC(C2CCC2)N(Cc2ccccc2)O1.O=CC1CCC1.OCC1CCC1. The van der Waals surface area contributed by atoms with Gasteiger partial charge in [-0.15, -0.1) is 5.06 Å². The third-order valence-electron chi connectivity index (χ3n) is 23.3. The number of aryl methyl sites for hydroxylation is 1. The van der Waals surface area contributed by atoms with Crippen LogP contribution in [-0.4, -0.2) is 159 Å². The lowest BCUT2D eigenvalue weighted by Gasteiger charge is -2.34. The number of carbonyl (C=O) groups excluding carboxylic acids is 6. The van der Waals surface area contributed by atoms with E-state index in [1.165, 1.54) is 135 Å². The number of hydrogen-bond acceptors (Lipinski definition) is 25. The van der Waals surface area contributed by atoms with Gasteiger partial charge in [-0.1, -0.05) is 105 Å². The van der Waals surface area contributed by atoms with E-state index in [0.717, 1.165) is 105 Å². The molecule has 9 fully saturated rings. The first-order valence-corrected chi connectivity index (χ1v) is 43.1. The van der Waals surface area contributed by atoms with Crippen LogP contribution in [0.5, 0.6) is 0 Å². The van der Waals surface area contributed by atoms with E-state index in [1.807, 2.05) is 43.2 Å². The molecule has 5 unspecified atom stereocenters. The van der Waals surface area contributed by atoms with Crippen molar-refractivity contribution in [2.24, 2.45) is 58.8 Å². The number of nitrogens with one attached hydrogen (secondary N) is 2. The van der Waals surface area contributed by atoms with E-state index in [9.17, 15) is 55.2 Å². The van der Waals surface area contributed by atoms with E-state index >= 15 is 0 Å². The molecule has 0 bridgehead atoms. The number of fused-ring (bicyclic) bond motifs is 1. The van der Waals surface area contributed by atoms with Crippen LogP contribution >= 0.6 is 11.6 Å². The summed E-state index contributed by atoms with van der Waals surface area (Å²) in [5.41, 5.74) is 13.6. The first kappa shape index (κ1) is 94.5. The zero-order valence-electron chi connectivity index (χ0n) is 68.3. The van der Waals surface area contributed by atoms with Crippen LogP contribution in [0.1, 0.15) is 204 Å². The number of carboxylic acid groups (broad SMARTS) is 1. The summed E-state index contributed by atoms with van der Waals surface area (Å²) in [4.78, 5) is 101. The van der Waals surface area contributed by atoms with Gasteiger partial charge in [0.2, 0.25) is 5.28 Å². The third-order valence-corrected chi connectivity index (χ3v) is 25.2. The third kappa shape index (κ3) is 29.5. The van der Waals surface area contributed by atoms with Crippen molar-refractivity contribution in [2.45, 2.75) is 242 Å². The maximum absolute atomic E-state index is 14.8. The molecule has 9 aliphatic rings. The van der Waals surface area contributed by atoms with Crippen LogP contribution in [0.4, 0.5) is 24.8 Å². The molecule has 0 amide bonds. The average Bonchev–Trinajstić information content (AvgIpc) is 1.59. The Labute approximate surface area is 694 Å². The zero-order valence-corrected chi connectivity index (χ0v) is 69.8. The number of nitrogens with zero attached hydrogens (tertiary/aromatic N) is 7. The Morgan fingerprint density at radius 3 is 1.61 bits per heavy atom. The number of methoxy groups -OCH3 is 3. The number of aliphatic hydroxyl groups is 1. The van der Waals surface area contributed by atoms with E-state index in [4.69, 9.17) is 47.6 Å². The van der Waals surface area contributed by atoms with Gasteiger partial charge in [-0.3, -0.25) is 24.0 Å². The van der Waals surface area contributed by atoms with Gasteiger partial charge in [0, 0.05) is 59.9 Å². The van der Waals surface area contributed by atoms with E-state index < -0.39 is 45.5 Å². The van der Waals surface area contributed by atoms with E-state index in [2.05, 4.69) is 57.2 Å². The van der Waals surface area contributed by atoms with Crippen LogP contribution in [0, 0.1) is 71.7 Å². The summed E-state index contributed by atoms with van der Waals surface area (Å²) in [7, 11) is -0.0849. The largest absolute Gasteiger partial charge is 0.481 e. The maximum Gasteiger partial charge on any atom is 0.330 e. The topological polar surface area (TPSA) is 389 Å². The lowest BCUT2D eigenvalue weighted by Crippen LogP contribution is -2.37. The van der Waals surface area contributed by atoms with Gasteiger partial charge in [0.15, 0.2) is 34.7 Å². The highest BCUT2D eigenvalue weighted by Gasteiger charge is 2.41. The number of aldehydes is 1. The van der Waals surface area contributed by atoms with Gasteiger partial charge in [0.05, 0.1) is 96.1 Å². The van der Waals surface area contributed by atoms with Crippen molar-refractivity contribution in [3.63, 3.8) is 0 Å². The molecule has 8 saturated carbocycles. The zero-order chi connectivity index (χ0) is 85.3. The summed E-state index contributed by atoms with van der Waals surface area (Å²) in [5, 5.41) is 24.7.